The smallest absolute Gasteiger partial charge is 0.254 e. The van der Waals surface area contributed by atoms with Crippen LogP contribution in [0.3, 0.4) is 0 Å². The van der Waals surface area contributed by atoms with Gasteiger partial charge < -0.3 is 19.7 Å². The number of hydrogen-bond acceptors (Lipinski definition) is 4. The summed E-state index contributed by atoms with van der Waals surface area (Å²) < 4.78 is 5.55. The summed E-state index contributed by atoms with van der Waals surface area (Å²) in [6, 6.07) is 17.5. The Kier molecular flexibility index (Phi) is 5.37. The Labute approximate surface area is 186 Å². The van der Waals surface area contributed by atoms with Crippen LogP contribution in [0.25, 0.3) is 33.3 Å². The van der Waals surface area contributed by atoms with E-state index in [-0.39, 0.29) is 18.6 Å². The minimum absolute atomic E-state index is 0.00519. The number of amides is 1. The van der Waals surface area contributed by atoms with Gasteiger partial charge in [0, 0.05) is 46.6 Å². The van der Waals surface area contributed by atoms with Crippen molar-refractivity contribution >= 4 is 16.9 Å². The Hall–Kier alpha value is -3.64. The number of rotatable bonds is 5. The van der Waals surface area contributed by atoms with E-state index in [1.165, 1.54) is 0 Å². The zero-order chi connectivity index (χ0) is 22.1. The Balaban J connectivity index is 1.53. The highest BCUT2D eigenvalue weighted by Crippen LogP contribution is 2.36. The lowest BCUT2D eigenvalue weighted by molar-refractivity contribution is 0.0677. The Bertz CT molecular complexity index is 1280. The third-order valence-corrected chi connectivity index (χ3v) is 6.22. The van der Waals surface area contributed by atoms with Crippen molar-refractivity contribution in [1.29, 1.82) is 0 Å². The van der Waals surface area contributed by atoms with Crippen molar-refractivity contribution in [2.75, 3.05) is 20.3 Å². The number of aromatic amines is 1. The average molecular weight is 428 g/mol. The number of H-pyrrole nitrogens is 1. The van der Waals surface area contributed by atoms with Crippen molar-refractivity contribution in [3.63, 3.8) is 0 Å². The molecule has 3 heterocycles. The molecule has 4 aromatic rings. The molecule has 2 aromatic carbocycles. The van der Waals surface area contributed by atoms with Gasteiger partial charge in [0.25, 0.3) is 5.91 Å². The molecule has 1 fully saturated rings. The van der Waals surface area contributed by atoms with Gasteiger partial charge in [-0.1, -0.05) is 30.3 Å². The molecule has 1 aliphatic heterocycles. The number of nitrogens with one attached hydrogen (secondary N) is 1. The molecule has 0 saturated carbocycles. The molecule has 0 unspecified atom stereocenters. The van der Waals surface area contributed by atoms with Crippen molar-refractivity contribution < 1.29 is 14.6 Å². The van der Waals surface area contributed by atoms with Crippen LogP contribution in [-0.4, -0.2) is 52.2 Å². The molecule has 5 rings (SSSR count). The van der Waals surface area contributed by atoms with Gasteiger partial charge in [-0.25, -0.2) is 4.98 Å². The van der Waals surface area contributed by atoms with Crippen molar-refractivity contribution in [1.82, 2.24) is 14.9 Å². The highest BCUT2D eigenvalue weighted by molar-refractivity contribution is 5.98. The molecule has 0 spiro atoms. The number of hydrogen-bond donors (Lipinski definition) is 2. The fraction of sp³-hybridized carbons (Fsp3) is 0.231. The monoisotopic (exact) mass is 427 g/mol. The number of carbonyl (C=O) groups is 1. The van der Waals surface area contributed by atoms with Crippen LogP contribution in [-0.2, 0) is 0 Å². The first kappa shape index (κ1) is 20.3. The molecule has 2 N–H and O–H groups in total. The van der Waals surface area contributed by atoms with Gasteiger partial charge in [-0.05, 0) is 42.7 Å². The Morgan fingerprint density at radius 3 is 2.88 bits per heavy atom. The number of benzene rings is 2. The van der Waals surface area contributed by atoms with Crippen molar-refractivity contribution in [2.45, 2.75) is 18.9 Å². The number of para-hydroxylation sites is 1. The number of fused-ring (bicyclic) bond motifs is 1. The van der Waals surface area contributed by atoms with E-state index < -0.39 is 0 Å². The summed E-state index contributed by atoms with van der Waals surface area (Å²) in [5.41, 5.74) is 5.29. The molecule has 32 heavy (non-hydrogen) atoms. The number of carbonyl (C=O) groups excluding carboxylic acids is 1. The number of methoxy groups -OCH3 is 1. The zero-order valence-corrected chi connectivity index (χ0v) is 17.9. The predicted molar refractivity (Wildman–Crippen MR) is 125 cm³/mol. The summed E-state index contributed by atoms with van der Waals surface area (Å²) in [7, 11) is 1.67. The van der Waals surface area contributed by atoms with E-state index in [1.54, 1.807) is 12.0 Å². The number of ether oxygens (including phenoxy) is 1. The second kappa shape index (κ2) is 8.48. The van der Waals surface area contributed by atoms with Gasteiger partial charge >= 0.3 is 0 Å². The standard InChI is InChI=1S/C26H25N3O3/c1-32-24-10-3-2-9-21(24)23-15-28-25-22(23)13-19(14-27-25)17-6-4-7-18(12-17)26(31)29-11-5-8-20(29)16-30/h2-4,6-7,9-10,12-15,20,30H,5,8,11,16H2,1H3,(H,27,28)/t20-/m1/s1. The quantitative estimate of drug-likeness (QED) is 0.491. The molecular formula is C26H25N3O3. The Morgan fingerprint density at radius 2 is 2.03 bits per heavy atom. The normalized spacial score (nSPS) is 15.9. The molecule has 1 saturated heterocycles. The molecular weight excluding hydrogens is 402 g/mol. The average Bonchev–Trinajstić information content (AvgIpc) is 3.50. The number of aliphatic hydroxyl groups excluding tert-OH is 1. The summed E-state index contributed by atoms with van der Waals surface area (Å²) >= 11 is 0. The van der Waals surface area contributed by atoms with Gasteiger partial charge in [-0.3, -0.25) is 4.79 Å². The molecule has 1 atom stereocenters. The number of nitrogens with zero attached hydrogens (tertiary/aromatic N) is 2. The molecule has 2 aromatic heterocycles. The van der Waals surface area contributed by atoms with Gasteiger partial charge in [-0.15, -0.1) is 0 Å². The van der Waals surface area contributed by atoms with Crippen molar-refractivity contribution in [3.05, 3.63) is 72.6 Å². The fourth-order valence-electron chi connectivity index (χ4n) is 4.54. The molecule has 6 heteroatoms. The molecule has 0 radical (unpaired) electrons. The maximum absolute atomic E-state index is 13.1. The van der Waals surface area contributed by atoms with Crippen LogP contribution in [0, 0.1) is 0 Å². The van der Waals surface area contributed by atoms with E-state index in [0.29, 0.717) is 12.1 Å². The number of likely N-dealkylation sites (tertiary alicyclic amines) is 1. The summed E-state index contributed by atoms with van der Waals surface area (Å²) in [5, 5.41) is 10.6. The van der Waals surface area contributed by atoms with Crippen LogP contribution in [0.2, 0.25) is 0 Å². The van der Waals surface area contributed by atoms with Gasteiger partial charge in [0.05, 0.1) is 19.8 Å². The summed E-state index contributed by atoms with van der Waals surface area (Å²) in [5.74, 6) is 0.768. The largest absolute Gasteiger partial charge is 0.496 e. The maximum atomic E-state index is 13.1. The molecule has 1 amide bonds. The van der Waals surface area contributed by atoms with Crippen LogP contribution < -0.4 is 4.74 Å². The minimum Gasteiger partial charge on any atom is -0.496 e. The first-order valence-corrected chi connectivity index (χ1v) is 10.8. The van der Waals surface area contributed by atoms with Crippen LogP contribution in [0.1, 0.15) is 23.2 Å². The van der Waals surface area contributed by atoms with Gasteiger partial charge in [0.2, 0.25) is 0 Å². The second-order valence-corrected chi connectivity index (χ2v) is 8.08. The van der Waals surface area contributed by atoms with E-state index >= 15 is 0 Å². The van der Waals surface area contributed by atoms with Gasteiger partial charge in [-0.2, -0.15) is 0 Å². The van der Waals surface area contributed by atoms with E-state index in [0.717, 1.165) is 51.9 Å². The summed E-state index contributed by atoms with van der Waals surface area (Å²) in [4.78, 5) is 22.7. The SMILES string of the molecule is COc1ccccc1-c1c[nH]c2ncc(-c3cccc(C(=O)N4CCC[C@@H]4CO)c3)cc12. The van der Waals surface area contributed by atoms with Crippen LogP contribution >= 0.6 is 0 Å². The first-order valence-electron chi connectivity index (χ1n) is 10.8. The highest BCUT2D eigenvalue weighted by atomic mass is 16.5. The molecule has 1 aliphatic rings. The predicted octanol–water partition coefficient (Wildman–Crippen LogP) is 4.50. The van der Waals surface area contributed by atoms with Crippen LogP contribution in [0.4, 0.5) is 0 Å². The summed E-state index contributed by atoms with van der Waals surface area (Å²) in [6.45, 7) is 0.693. The third kappa shape index (κ3) is 3.52. The van der Waals surface area contributed by atoms with Crippen molar-refractivity contribution in [2.24, 2.45) is 0 Å². The number of aliphatic hydroxyl groups is 1. The minimum atomic E-state index is -0.0903. The summed E-state index contributed by atoms with van der Waals surface area (Å²) in [6.07, 6.45) is 5.54. The van der Waals surface area contributed by atoms with Crippen LogP contribution in [0.5, 0.6) is 5.75 Å². The van der Waals surface area contributed by atoms with Gasteiger partial charge in [0.1, 0.15) is 11.4 Å². The molecule has 0 aliphatic carbocycles. The highest BCUT2D eigenvalue weighted by Gasteiger charge is 2.28. The lowest BCUT2D eigenvalue weighted by Gasteiger charge is -2.23. The van der Waals surface area contributed by atoms with E-state index in [9.17, 15) is 9.90 Å². The fourth-order valence-corrected chi connectivity index (χ4v) is 4.54. The van der Waals surface area contributed by atoms with E-state index in [2.05, 4.69) is 16.0 Å². The lowest BCUT2D eigenvalue weighted by Crippen LogP contribution is -2.37. The molecule has 162 valence electrons. The topological polar surface area (TPSA) is 78.5 Å². The maximum Gasteiger partial charge on any atom is 0.254 e. The van der Waals surface area contributed by atoms with E-state index in [4.69, 9.17) is 4.74 Å². The number of pyridine rings is 1. The van der Waals surface area contributed by atoms with Crippen molar-refractivity contribution in [3.8, 4) is 28.0 Å². The first-order chi connectivity index (χ1) is 15.7. The number of aromatic nitrogens is 2. The molecule has 6 nitrogen and oxygen atoms in total. The Morgan fingerprint density at radius 1 is 1.16 bits per heavy atom. The lowest BCUT2D eigenvalue weighted by atomic mass is 10.00. The van der Waals surface area contributed by atoms with E-state index in [1.807, 2.05) is 60.9 Å². The second-order valence-electron chi connectivity index (χ2n) is 8.08. The van der Waals surface area contributed by atoms with Gasteiger partial charge in [0.15, 0.2) is 0 Å². The molecule has 0 bridgehead atoms. The van der Waals surface area contributed by atoms with Crippen LogP contribution in [0.15, 0.2) is 67.0 Å². The zero-order valence-electron chi connectivity index (χ0n) is 17.9. The third-order valence-electron chi connectivity index (χ3n) is 6.22.